The van der Waals surface area contributed by atoms with Crippen LogP contribution in [0.4, 0.5) is 5.69 Å². The van der Waals surface area contributed by atoms with Gasteiger partial charge in [-0.3, -0.25) is 4.79 Å². The number of anilines is 1. The van der Waals surface area contributed by atoms with Crippen molar-refractivity contribution in [1.82, 2.24) is 19.7 Å². The molecule has 4 aromatic rings. The first kappa shape index (κ1) is 18.4. The largest absolute Gasteiger partial charge is 0.421 e. The van der Waals surface area contributed by atoms with E-state index in [1.165, 1.54) is 5.69 Å². The fourth-order valence-electron chi connectivity index (χ4n) is 3.97. The third-order valence-electron chi connectivity index (χ3n) is 5.61. The van der Waals surface area contributed by atoms with Crippen molar-refractivity contribution in [3.8, 4) is 11.5 Å². The summed E-state index contributed by atoms with van der Waals surface area (Å²) in [6.07, 6.45) is 1.96. The molecule has 1 fully saturated rings. The van der Waals surface area contributed by atoms with Crippen LogP contribution in [0.5, 0.6) is 0 Å². The van der Waals surface area contributed by atoms with Crippen LogP contribution in [0.25, 0.3) is 22.4 Å². The van der Waals surface area contributed by atoms with E-state index in [0.29, 0.717) is 18.3 Å². The quantitative estimate of drug-likeness (QED) is 0.525. The topological polar surface area (TPSA) is 67.4 Å². The maximum atomic E-state index is 13.0. The van der Waals surface area contributed by atoms with Gasteiger partial charge < -0.3 is 18.8 Å². The molecule has 0 aliphatic carbocycles. The van der Waals surface area contributed by atoms with E-state index in [1.54, 1.807) is 6.92 Å². The van der Waals surface area contributed by atoms with E-state index in [4.69, 9.17) is 4.42 Å². The molecule has 152 valence electrons. The lowest BCUT2D eigenvalue weighted by Crippen LogP contribution is -2.49. The van der Waals surface area contributed by atoms with Crippen molar-refractivity contribution in [2.75, 3.05) is 31.1 Å². The van der Waals surface area contributed by atoms with Crippen LogP contribution < -0.4 is 4.90 Å². The molecule has 7 heteroatoms. The Labute approximate surface area is 174 Å². The molecular weight excluding hydrogens is 378 g/mol. The van der Waals surface area contributed by atoms with Crippen molar-refractivity contribution < 1.29 is 9.21 Å². The normalized spacial score (nSPS) is 14.4. The predicted molar refractivity (Wildman–Crippen MR) is 115 cm³/mol. The molecule has 30 heavy (non-hydrogen) atoms. The molecule has 5 rings (SSSR count). The minimum Gasteiger partial charge on any atom is -0.421 e. The number of rotatable bonds is 4. The summed E-state index contributed by atoms with van der Waals surface area (Å²) in [5, 5.41) is 9.08. The Hall–Kier alpha value is -3.61. The molecule has 0 saturated carbocycles. The summed E-state index contributed by atoms with van der Waals surface area (Å²) in [4.78, 5) is 17.2. The van der Waals surface area contributed by atoms with E-state index in [2.05, 4.69) is 27.2 Å². The number of aromatic nitrogens is 3. The molecule has 1 amide bonds. The molecule has 0 atom stereocenters. The summed E-state index contributed by atoms with van der Waals surface area (Å²) in [7, 11) is 0. The van der Waals surface area contributed by atoms with Crippen LogP contribution in [0.1, 0.15) is 5.89 Å². The summed E-state index contributed by atoms with van der Waals surface area (Å²) in [5.41, 5.74) is 3.05. The Morgan fingerprint density at radius 1 is 1.00 bits per heavy atom. The van der Waals surface area contributed by atoms with Gasteiger partial charge in [-0.15, -0.1) is 10.2 Å². The Bertz CT molecular complexity index is 1170. The molecular formula is C23H23N5O2. The van der Waals surface area contributed by atoms with E-state index in [1.807, 2.05) is 58.1 Å². The number of hydrogen-bond acceptors (Lipinski definition) is 5. The second kappa shape index (κ2) is 7.67. The second-order valence-electron chi connectivity index (χ2n) is 7.55. The molecule has 1 saturated heterocycles. The number of piperazine rings is 1. The molecule has 3 heterocycles. The zero-order valence-corrected chi connectivity index (χ0v) is 16.9. The molecule has 7 nitrogen and oxygen atoms in total. The summed E-state index contributed by atoms with van der Waals surface area (Å²) in [6.45, 7) is 5.26. The molecule has 0 spiro atoms. The smallest absolute Gasteiger partial charge is 0.247 e. The Morgan fingerprint density at radius 2 is 1.80 bits per heavy atom. The standard InChI is InChI=1S/C23H23N5O2/c1-17-24-25-23(30-17)19-8-7-18-9-10-28(21(18)15-19)16-22(29)27-13-11-26(12-14-27)20-5-3-2-4-6-20/h2-10,15H,11-14,16H2,1H3. The fraction of sp³-hybridized carbons (Fsp3) is 0.261. The highest BCUT2D eigenvalue weighted by atomic mass is 16.4. The van der Waals surface area contributed by atoms with Crippen molar-refractivity contribution in [1.29, 1.82) is 0 Å². The van der Waals surface area contributed by atoms with E-state index in [-0.39, 0.29) is 5.91 Å². The van der Waals surface area contributed by atoms with Gasteiger partial charge in [0.2, 0.25) is 17.7 Å². The average molecular weight is 401 g/mol. The summed E-state index contributed by atoms with van der Waals surface area (Å²) >= 11 is 0. The average Bonchev–Trinajstić information content (AvgIpc) is 3.40. The molecule has 1 aliphatic rings. The van der Waals surface area contributed by atoms with Crippen molar-refractivity contribution in [3.05, 3.63) is 66.7 Å². The Morgan fingerprint density at radius 3 is 2.53 bits per heavy atom. The van der Waals surface area contributed by atoms with Crippen molar-refractivity contribution in [2.45, 2.75) is 13.5 Å². The minimum atomic E-state index is 0.138. The van der Waals surface area contributed by atoms with Gasteiger partial charge in [0.15, 0.2) is 0 Å². The summed E-state index contributed by atoms with van der Waals surface area (Å²) in [6, 6.07) is 18.4. The van der Waals surface area contributed by atoms with Gasteiger partial charge >= 0.3 is 0 Å². The van der Waals surface area contributed by atoms with Gasteiger partial charge in [0.25, 0.3) is 0 Å². The van der Waals surface area contributed by atoms with Gasteiger partial charge in [-0.25, -0.2) is 0 Å². The van der Waals surface area contributed by atoms with Gasteiger partial charge in [0.1, 0.15) is 6.54 Å². The minimum absolute atomic E-state index is 0.138. The van der Waals surface area contributed by atoms with Gasteiger partial charge in [0, 0.05) is 56.1 Å². The summed E-state index contributed by atoms with van der Waals surface area (Å²) in [5.74, 6) is 1.16. The SMILES string of the molecule is Cc1nnc(-c2ccc3ccn(CC(=O)N4CCN(c5ccccc5)CC4)c3c2)o1. The maximum absolute atomic E-state index is 13.0. The highest BCUT2D eigenvalue weighted by molar-refractivity contribution is 5.86. The monoisotopic (exact) mass is 401 g/mol. The number of amides is 1. The number of para-hydroxylation sites is 1. The van der Waals surface area contributed by atoms with E-state index < -0.39 is 0 Å². The lowest BCUT2D eigenvalue weighted by atomic mass is 10.1. The van der Waals surface area contributed by atoms with Gasteiger partial charge in [-0.1, -0.05) is 24.3 Å². The highest BCUT2D eigenvalue weighted by Gasteiger charge is 2.22. The van der Waals surface area contributed by atoms with E-state index in [9.17, 15) is 4.79 Å². The third kappa shape index (κ3) is 3.54. The van der Waals surface area contributed by atoms with Crippen LogP contribution in [0.2, 0.25) is 0 Å². The number of carbonyl (C=O) groups is 1. The number of nitrogens with zero attached hydrogens (tertiary/aromatic N) is 5. The predicted octanol–water partition coefficient (Wildman–Crippen LogP) is 3.35. The van der Waals surface area contributed by atoms with E-state index in [0.717, 1.165) is 42.6 Å². The Kier molecular flexibility index (Phi) is 4.71. The number of fused-ring (bicyclic) bond motifs is 1. The molecule has 0 bridgehead atoms. The van der Waals surface area contributed by atoms with Crippen LogP contribution in [0.15, 0.2) is 65.2 Å². The van der Waals surface area contributed by atoms with Gasteiger partial charge in [-0.05, 0) is 35.7 Å². The lowest BCUT2D eigenvalue weighted by Gasteiger charge is -2.36. The van der Waals surface area contributed by atoms with Crippen LogP contribution >= 0.6 is 0 Å². The number of carbonyl (C=O) groups excluding carboxylic acids is 1. The molecule has 1 aliphatic heterocycles. The molecule has 0 radical (unpaired) electrons. The first-order chi connectivity index (χ1) is 14.7. The van der Waals surface area contributed by atoms with E-state index >= 15 is 0 Å². The summed E-state index contributed by atoms with van der Waals surface area (Å²) < 4.78 is 7.54. The third-order valence-corrected chi connectivity index (χ3v) is 5.61. The lowest BCUT2D eigenvalue weighted by molar-refractivity contribution is -0.132. The second-order valence-corrected chi connectivity index (χ2v) is 7.55. The molecule has 2 aromatic carbocycles. The number of benzene rings is 2. The van der Waals surface area contributed by atoms with Crippen LogP contribution in [-0.4, -0.2) is 51.8 Å². The number of aryl methyl sites for hydroxylation is 1. The van der Waals surface area contributed by atoms with Crippen molar-refractivity contribution in [2.24, 2.45) is 0 Å². The van der Waals surface area contributed by atoms with Crippen molar-refractivity contribution in [3.63, 3.8) is 0 Å². The maximum Gasteiger partial charge on any atom is 0.247 e. The van der Waals surface area contributed by atoms with Gasteiger partial charge in [0.05, 0.1) is 0 Å². The van der Waals surface area contributed by atoms with Crippen molar-refractivity contribution >= 4 is 22.5 Å². The van der Waals surface area contributed by atoms with Gasteiger partial charge in [-0.2, -0.15) is 0 Å². The fourth-order valence-corrected chi connectivity index (χ4v) is 3.97. The zero-order valence-electron chi connectivity index (χ0n) is 16.9. The Balaban J connectivity index is 1.29. The first-order valence-electron chi connectivity index (χ1n) is 10.1. The van der Waals surface area contributed by atoms with Crippen LogP contribution in [0.3, 0.4) is 0 Å². The molecule has 0 unspecified atom stereocenters. The molecule has 2 aromatic heterocycles. The number of hydrogen-bond donors (Lipinski definition) is 0. The first-order valence-corrected chi connectivity index (χ1v) is 10.1. The highest BCUT2D eigenvalue weighted by Crippen LogP contribution is 2.25. The van der Waals surface area contributed by atoms with Crippen LogP contribution in [0, 0.1) is 6.92 Å². The van der Waals surface area contributed by atoms with Crippen LogP contribution in [-0.2, 0) is 11.3 Å². The molecule has 0 N–H and O–H groups in total. The zero-order chi connectivity index (χ0) is 20.5.